The molecule has 1 atom stereocenters. The minimum absolute atomic E-state index is 0.0503. The van der Waals surface area contributed by atoms with E-state index in [1.54, 1.807) is 23.1 Å². The van der Waals surface area contributed by atoms with E-state index in [0.717, 1.165) is 17.1 Å². The number of nitrogens with zero attached hydrogens (tertiary/aromatic N) is 4. The SMILES string of the molecule is Cc1cccc(Oc2cc(N3CCN(C(=O)c4cccc(F)c4)[C@@H](C)C3)ncn2)c1. The maximum absolute atomic E-state index is 13.5. The molecule has 1 fully saturated rings. The molecule has 1 aliphatic rings. The topological polar surface area (TPSA) is 58.6 Å². The quantitative estimate of drug-likeness (QED) is 0.654. The highest BCUT2D eigenvalue weighted by Gasteiger charge is 2.29. The fraction of sp³-hybridized carbons (Fsp3) is 0.261. The normalized spacial score (nSPS) is 16.4. The molecule has 4 rings (SSSR count). The molecular formula is C23H23FN4O2. The van der Waals surface area contributed by atoms with E-state index in [9.17, 15) is 9.18 Å². The molecule has 1 saturated heterocycles. The van der Waals surface area contributed by atoms with Crippen molar-refractivity contribution in [3.8, 4) is 11.6 Å². The van der Waals surface area contributed by atoms with Crippen LogP contribution in [0, 0.1) is 12.7 Å². The lowest BCUT2D eigenvalue weighted by atomic mass is 10.1. The molecule has 3 aromatic rings. The second kappa shape index (κ2) is 8.49. The van der Waals surface area contributed by atoms with Gasteiger partial charge < -0.3 is 14.5 Å². The van der Waals surface area contributed by atoms with Gasteiger partial charge in [0, 0.05) is 37.3 Å². The molecule has 1 aliphatic heterocycles. The van der Waals surface area contributed by atoms with Crippen molar-refractivity contribution in [2.45, 2.75) is 19.9 Å². The van der Waals surface area contributed by atoms with Gasteiger partial charge >= 0.3 is 0 Å². The monoisotopic (exact) mass is 406 g/mol. The van der Waals surface area contributed by atoms with Crippen LogP contribution in [0.2, 0.25) is 0 Å². The zero-order valence-corrected chi connectivity index (χ0v) is 17.0. The van der Waals surface area contributed by atoms with Gasteiger partial charge in [-0.2, -0.15) is 0 Å². The number of amides is 1. The summed E-state index contributed by atoms with van der Waals surface area (Å²) in [6.45, 7) is 5.74. The van der Waals surface area contributed by atoms with Gasteiger partial charge in [-0.15, -0.1) is 0 Å². The van der Waals surface area contributed by atoms with E-state index in [2.05, 4.69) is 14.9 Å². The van der Waals surface area contributed by atoms with E-state index in [-0.39, 0.29) is 11.9 Å². The van der Waals surface area contributed by atoms with Crippen molar-refractivity contribution < 1.29 is 13.9 Å². The van der Waals surface area contributed by atoms with Crippen LogP contribution in [0.15, 0.2) is 60.9 Å². The smallest absolute Gasteiger partial charge is 0.254 e. The third kappa shape index (κ3) is 4.40. The number of hydrogen-bond acceptors (Lipinski definition) is 5. The van der Waals surface area contributed by atoms with E-state index in [0.29, 0.717) is 31.1 Å². The van der Waals surface area contributed by atoms with Crippen molar-refractivity contribution in [2.75, 3.05) is 24.5 Å². The van der Waals surface area contributed by atoms with Gasteiger partial charge in [-0.1, -0.05) is 18.2 Å². The predicted octanol–water partition coefficient (Wildman–Crippen LogP) is 4.07. The second-order valence-electron chi connectivity index (χ2n) is 7.44. The van der Waals surface area contributed by atoms with E-state index in [4.69, 9.17) is 4.74 Å². The number of aromatic nitrogens is 2. The van der Waals surface area contributed by atoms with Gasteiger partial charge in [-0.3, -0.25) is 4.79 Å². The van der Waals surface area contributed by atoms with Gasteiger partial charge in [0.1, 0.15) is 23.7 Å². The largest absolute Gasteiger partial charge is 0.439 e. The summed E-state index contributed by atoms with van der Waals surface area (Å²) >= 11 is 0. The van der Waals surface area contributed by atoms with E-state index < -0.39 is 5.82 Å². The summed E-state index contributed by atoms with van der Waals surface area (Å²) in [6.07, 6.45) is 1.48. The Bertz CT molecular complexity index is 1060. The van der Waals surface area contributed by atoms with Crippen LogP contribution in [0.3, 0.4) is 0 Å². The number of hydrogen-bond donors (Lipinski definition) is 0. The van der Waals surface area contributed by atoms with Crippen LogP contribution in [-0.4, -0.2) is 46.5 Å². The van der Waals surface area contributed by atoms with Crippen molar-refractivity contribution >= 4 is 11.7 Å². The van der Waals surface area contributed by atoms with Gasteiger partial charge in [0.15, 0.2) is 0 Å². The van der Waals surface area contributed by atoms with E-state index in [1.807, 2.05) is 38.1 Å². The van der Waals surface area contributed by atoms with Crippen LogP contribution in [-0.2, 0) is 0 Å². The Hall–Kier alpha value is -3.48. The third-order valence-electron chi connectivity index (χ3n) is 5.12. The highest BCUT2D eigenvalue weighted by Crippen LogP contribution is 2.25. The first-order chi connectivity index (χ1) is 14.5. The van der Waals surface area contributed by atoms with Crippen LogP contribution in [0.25, 0.3) is 0 Å². The highest BCUT2D eigenvalue weighted by molar-refractivity contribution is 5.94. The van der Waals surface area contributed by atoms with Crippen LogP contribution in [0.4, 0.5) is 10.2 Å². The molecule has 30 heavy (non-hydrogen) atoms. The summed E-state index contributed by atoms with van der Waals surface area (Å²) < 4.78 is 19.4. The fourth-order valence-corrected chi connectivity index (χ4v) is 3.61. The number of piperazine rings is 1. The fourth-order valence-electron chi connectivity index (χ4n) is 3.61. The van der Waals surface area contributed by atoms with Crippen LogP contribution >= 0.6 is 0 Å². The molecule has 2 aromatic carbocycles. The summed E-state index contributed by atoms with van der Waals surface area (Å²) in [5.41, 5.74) is 1.47. The second-order valence-corrected chi connectivity index (χ2v) is 7.44. The molecule has 154 valence electrons. The molecular weight excluding hydrogens is 383 g/mol. The Morgan fingerprint density at radius 2 is 1.93 bits per heavy atom. The lowest BCUT2D eigenvalue weighted by Gasteiger charge is -2.40. The average Bonchev–Trinajstić information content (AvgIpc) is 2.73. The minimum Gasteiger partial charge on any atom is -0.439 e. The molecule has 0 saturated carbocycles. The van der Waals surface area contributed by atoms with Crippen molar-refractivity contribution in [3.05, 3.63) is 77.9 Å². The Labute approximate surface area is 174 Å². The van der Waals surface area contributed by atoms with E-state index >= 15 is 0 Å². The molecule has 1 amide bonds. The van der Waals surface area contributed by atoms with Gasteiger partial charge in [0.25, 0.3) is 5.91 Å². The van der Waals surface area contributed by atoms with Crippen LogP contribution < -0.4 is 9.64 Å². The minimum atomic E-state index is -0.408. The van der Waals surface area contributed by atoms with Gasteiger partial charge in [-0.25, -0.2) is 14.4 Å². The van der Waals surface area contributed by atoms with Crippen molar-refractivity contribution in [2.24, 2.45) is 0 Å². The standard InChI is InChI=1S/C23H23FN4O2/c1-16-5-3-8-20(11-16)30-22-13-21(25-15-26-22)27-9-10-28(17(2)14-27)23(29)18-6-4-7-19(24)12-18/h3-8,11-13,15,17H,9-10,14H2,1-2H3/t17-/m0/s1. The lowest BCUT2D eigenvalue weighted by Crippen LogP contribution is -2.54. The zero-order chi connectivity index (χ0) is 21.1. The zero-order valence-electron chi connectivity index (χ0n) is 17.0. The maximum atomic E-state index is 13.5. The molecule has 7 heteroatoms. The first kappa shape index (κ1) is 19.8. The van der Waals surface area contributed by atoms with Crippen molar-refractivity contribution in [1.82, 2.24) is 14.9 Å². The summed E-state index contributed by atoms with van der Waals surface area (Å²) in [6, 6.07) is 15.3. The number of rotatable bonds is 4. The van der Waals surface area contributed by atoms with E-state index in [1.165, 1.54) is 18.5 Å². The number of carbonyl (C=O) groups excluding carboxylic acids is 1. The number of benzene rings is 2. The van der Waals surface area contributed by atoms with Crippen LogP contribution in [0.5, 0.6) is 11.6 Å². The van der Waals surface area contributed by atoms with Crippen LogP contribution in [0.1, 0.15) is 22.8 Å². The average molecular weight is 406 g/mol. The molecule has 6 nitrogen and oxygen atoms in total. The number of ether oxygens (including phenoxy) is 1. The Balaban J connectivity index is 1.45. The predicted molar refractivity (Wildman–Crippen MR) is 112 cm³/mol. The Morgan fingerprint density at radius 1 is 1.10 bits per heavy atom. The number of halogens is 1. The molecule has 0 radical (unpaired) electrons. The molecule has 0 N–H and O–H groups in total. The third-order valence-corrected chi connectivity index (χ3v) is 5.12. The number of aryl methyl sites for hydroxylation is 1. The van der Waals surface area contributed by atoms with Gasteiger partial charge in [0.05, 0.1) is 0 Å². The number of anilines is 1. The number of carbonyl (C=O) groups is 1. The molecule has 2 heterocycles. The molecule has 0 aliphatic carbocycles. The Morgan fingerprint density at radius 3 is 2.70 bits per heavy atom. The lowest BCUT2D eigenvalue weighted by molar-refractivity contribution is 0.0673. The molecule has 0 bridgehead atoms. The van der Waals surface area contributed by atoms with Crippen molar-refractivity contribution in [3.63, 3.8) is 0 Å². The molecule has 0 unspecified atom stereocenters. The highest BCUT2D eigenvalue weighted by atomic mass is 19.1. The van der Waals surface area contributed by atoms with Crippen molar-refractivity contribution in [1.29, 1.82) is 0 Å². The molecule has 1 aromatic heterocycles. The first-order valence-corrected chi connectivity index (χ1v) is 9.87. The molecule has 0 spiro atoms. The maximum Gasteiger partial charge on any atom is 0.254 e. The Kier molecular flexibility index (Phi) is 5.61. The summed E-state index contributed by atoms with van der Waals surface area (Å²) in [5.74, 6) is 1.37. The summed E-state index contributed by atoms with van der Waals surface area (Å²) in [5, 5.41) is 0. The first-order valence-electron chi connectivity index (χ1n) is 9.87. The van der Waals surface area contributed by atoms with Gasteiger partial charge in [0.2, 0.25) is 5.88 Å². The summed E-state index contributed by atoms with van der Waals surface area (Å²) in [7, 11) is 0. The van der Waals surface area contributed by atoms with Gasteiger partial charge in [-0.05, 0) is 49.7 Å². The summed E-state index contributed by atoms with van der Waals surface area (Å²) in [4.78, 5) is 25.2.